The van der Waals surface area contributed by atoms with Crippen LogP contribution in [0.4, 0.5) is 0 Å². The number of hydrogen-bond acceptors (Lipinski definition) is 7. The number of hydrogen-bond donors (Lipinski definition) is 0. The van der Waals surface area contributed by atoms with Gasteiger partial charge in [0.05, 0.1) is 24.9 Å². The Kier molecular flexibility index (Phi) is 8.73. The van der Waals surface area contributed by atoms with Crippen molar-refractivity contribution < 1.29 is 23.4 Å². The lowest BCUT2D eigenvalue weighted by Crippen LogP contribution is -2.46. The van der Waals surface area contributed by atoms with Gasteiger partial charge in [-0.3, -0.25) is 0 Å². The van der Waals surface area contributed by atoms with Crippen LogP contribution in [-0.4, -0.2) is 50.0 Å². The molecule has 8 heteroatoms. The first-order valence-corrected chi connectivity index (χ1v) is 19.1. The van der Waals surface area contributed by atoms with E-state index in [2.05, 4.69) is 84.2 Å². The highest BCUT2D eigenvalue weighted by Crippen LogP contribution is 2.65. The quantitative estimate of drug-likeness (QED) is 0.231. The Morgan fingerprint density at radius 2 is 1.59 bits per heavy atom. The highest BCUT2D eigenvalue weighted by Gasteiger charge is 2.58. The molecule has 1 aromatic carbocycles. The molecule has 4 rings (SSSR count). The third kappa shape index (κ3) is 5.72. The molecule has 1 spiro atoms. The number of allylic oxidation sites excluding steroid dienone is 1. The van der Waals surface area contributed by atoms with Crippen molar-refractivity contribution in [2.45, 2.75) is 115 Å². The predicted octanol–water partition coefficient (Wildman–Crippen LogP) is 8.73. The second kappa shape index (κ2) is 10.9. The monoisotopic (exact) mass is 594 g/mol. The summed E-state index contributed by atoms with van der Waals surface area (Å²) in [6, 6.07) is 4.06. The van der Waals surface area contributed by atoms with E-state index in [4.69, 9.17) is 23.4 Å². The number of rotatable bonds is 7. The molecule has 0 aromatic heterocycles. The van der Waals surface area contributed by atoms with Crippen molar-refractivity contribution in [3.8, 4) is 11.5 Å². The molecule has 0 bridgehead atoms. The van der Waals surface area contributed by atoms with Crippen LogP contribution in [0.1, 0.15) is 85.5 Å². The van der Waals surface area contributed by atoms with Gasteiger partial charge in [0.25, 0.3) is 0 Å². The lowest BCUT2D eigenvalue weighted by Gasteiger charge is -2.50. The summed E-state index contributed by atoms with van der Waals surface area (Å²) in [7, 11) is 1.41. The number of ether oxygens (including phenoxy) is 4. The maximum absolute atomic E-state index is 6.86. The first kappa shape index (κ1) is 31.3. The molecule has 1 aromatic rings. The van der Waals surface area contributed by atoms with Crippen molar-refractivity contribution >= 4 is 31.8 Å². The zero-order valence-electron chi connectivity index (χ0n) is 26.2. The largest absolute Gasteiger partial charge is 0.497 e. The SMILES string of the molecule is COc1cc(CO[Si](C)(C)C(C)(C)C)c([C@H]2OC(C)(C)O[C@@H]2C2=C(C)CCC3(SCCS3)C2(C)C)c(OC)c1. The Labute approximate surface area is 246 Å². The van der Waals surface area contributed by atoms with E-state index in [1.165, 1.54) is 29.1 Å². The molecule has 2 saturated heterocycles. The summed E-state index contributed by atoms with van der Waals surface area (Å²) < 4.78 is 32.3. The fourth-order valence-corrected chi connectivity index (χ4v) is 10.7. The molecular formula is C31H50O5S2Si. The summed E-state index contributed by atoms with van der Waals surface area (Å²) in [6.45, 7) is 23.1. The minimum Gasteiger partial charge on any atom is -0.497 e. The van der Waals surface area contributed by atoms with E-state index in [0.29, 0.717) is 6.61 Å². The molecular weight excluding hydrogens is 545 g/mol. The minimum absolute atomic E-state index is 0.0502. The van der Waals surface area contributed by atoms with Crippen LogP contribution in [0.3, 0.4) is 0 Å². The molecule has 2 atom stereocenters. The van der Waals surface area contributed by atoms with E-state index in [1.54, 1.807) is 14.2 Å². The Hall–Kier alpha value is -0.643. The fraction of sp³-hybridized carbons (Fsp3) is 0.742. The van der Waals surface area contributed by atoms with Gasteiger partial charge in [-0.05, 0) is 68.9 Å². The molecule has 0 amide bonds. The number of thioether (sulfide) groups is 2. The number of methoxy groups -OCH3 is 2. The average Bonchev–Trinajstić information content (AvgIpc) is 3.44. The van der Waals surface area contributed by atoms with E-state index < -0.39 is 14.1 Å². The second-order valence-electron chi connectivity index (χ2n) is 13.7. The molecule has 0 radical (unpaired) electrons. The van der Waals surface area contributed by atoms with Gasteiger partial charge in [0.2, 0.25) is 0 Å². The van der Waals surface area contributed by atoms with Crippen LogP contribution in [0.25, 0.3) is 0 Å². The van der Waals surface area contributed by atoms with Gasteiger partial charge in [-0.15, -0.1) is 23.5 Å². The van der Waals surface area contributed by atoms with E-state index >= 15 is 0 Å². The smallest absolute Gasteiger partial charge is 0.192 e. The minimum atomic E-state index is -2.01. The van der Waals surface area contributed by atoms with Gasteiger partial charge in [0.1, 0.15) is 23.7 Å². The summed E-state index contributed by atoms with van der Waals surface area (Å²) in [5, 5.41) is 0.104. The molecule has 1 aliphatic carbocycles. The Morgan fingerprint density at radius 3 is 2.15 bits per heavy atom. The molecule has 39 heavy (non-hydrogen) atoms. The van der Waals surface area contributed by atoms with Crippen LogP contribution in [0.2, 0.25) is 18.1 Å². The molecule has 5 nitrogen and oxygen atoms in total. The van der Waals surface area contributed by atoms with Gasteiger partial charge in [0, 0.05) is 28.6 Å². The molecule has 0 saturated carbocycles. The normalized spacial score (nSPS) is 26.4. The van der Waals surface area contributed by atoms with E-state index in [-0.39, 0.29) is 26.7 Å². The third-order valence-electron chi connectivity index (χ3n) is 9.39. The summed E-state index contributed by atoms with van der Waals surface area (Å²) in [5.41, 5.74) is 4.82. The van der Waals surface area contributed by atoms with Crippen molar-refractivity contribution in [3.05, 3.63) is 34.4 Å². The summed E-state index contributed by atoms with van der Waals surface area (Å²) in [5.74, 6) is 3.19. The lowest BCUT2D eigenvalue weighted by atomic mass is 9.68. The topological polar surface area (TPSA) is 46.2 Å². The average molecular weight is 595 g/mol. The van der Waals surface area contributed by atoms with Crippen molar-refractivity contribution in [1.29, 1.82) is 0 Å². The maximum Gasteiger partial charge on any atom is 0.192 e. The van der Waals surface area contributed by atoms with Gasteiger partial charge < -0.3 is 23.4 Å². The zero-order valence-corrected chi connectivity index (χ0v) is 28.8. The highest BCUT2D eigenvalue weighted by atomic mass is 32.2. The van der Waals surface area contributed by atoms with Crippen LogP contribution in [0.15, 0.2) is 23.3 Å². The van der Waals surface area contributed by atoms with Crippen molar-refractivity contribution in [2.24, 2.45) is 5.41 Å². The first-order valence-electron chi connectivity index (χ1n) is 14.2. The van der Waals surface area contributed by atoms with Crippen molar-refractivity contribution in [3.63, 3.8) is 0 Å². The van der Waals surface area contributed by atoms with Gasteiger partial charge in [-0.2, -0.15) is 0 Å². The standard InChI is InChI=1S/C31H50O5S2Si/c1-20-13-14-31(37-15-16-38-31)29(5,6)25(20)27-26(35-30(7,8)36-27)24-21(17-22(32-9)18-23(24)33-10)19-34-39(11,12)28(2,3)4/h17-18,26-27H,13-16,19H2,1-12H3/t26-,27-/m1/s1. The summed E-state index contributed by atoms with van der Waals surface area (Å²) in [6.07, 6.45) is 1.74. The van der Waals surface area contributed by atoms with Gasteiger partial charge in [-0.25, -0.2) is 0 Å². The summed E-state index contributed by atoms with van der Waals surface area (Å²) in [4.78, 5) is 0. The molecule has 220 valence electrons. The van der Waals surface area contributed by atoms with Crippen LogP contribution in [0.5, 0.6) is 11.5 Å². The molecule has 0 unspecified atom stereocenters. The molecule has 0 N–H and O–H groups in total. The summed E-state index contributed by atoms with van der Waals surface area (Å²) >= 11 is 4.28. The maximum atomic E-state index is 6.86. The second-order valence-corrected chi connectivity index (χ2v) is 21.6. The van der Waals surface area contributed by atoms with Crippen LogP contribution in [-0.2, 0) is 20.5 Å². The molecule has 2 heterocycles. The Morgan fingerprint density at radius 1 is 0.974 bits per heavy atom. The molecule has 2 fully saturated rings. The Bertz CT molecular complexity index is 1100. The Balaban J connectivity index is 1.84. The van der Waals surface area contributed by atoms with E-state index in [1.807, 2.05) is 19.9 Å². The van der Waals surface area contributed by atoms with Crippen LogP contribution >= 0.6 is 23.5 Å². The number of benzene rings is 1. The zero-order chi connectivity index (χ0) is 29.0. The van der Waals surface area contributed by atoms with E-state index in [9.17, 15) is 0 Å². The molecule has 3 aliphatic rings. The van der Waals surface area contributed by atoms with Crippen LogP contribution < -0.4 is 9.47 Å². The van der Waals surface area contributed by atoms with Crippen molar-refractivity contribution in [1.82, 2.24) is 0 Å². The fourth-order valence-electron chi connectivity index (χ4n) is 6.14. The molecule has 2 aliphatic heterocycles. The van der Waals surface area contributed by atoms with Gasteiger partial charge in [-0.1, -0.05) is 40.2 Å². The van der Waals surface area contributed by atoms with Crippen molar-refractivity contribution in [2.75, 3.05) is 25.7 Å². The predicted molar refractivity (Wildman–Crippen MR) is 168 cm³/mol. The van der Waals surface area contributed by atoms with Crippen LogP contribution in [0, 0.1) is 5.41 Å². The first-order chi connectivity index (χ1) is 18.0. The third-order valence-corrected chi connectivity index (χ3v) is 18.0. The van der Waals surface area contributed by atoms with E-state index in [0.717, 1.165) is 29.0 Å². The van der Waals surface area contributed by atoms with Gasteiger partial charge >= 0.3 is 0 Å². The lowest BCUT2D eigenvalue weighted by molar-refractivity contribution is -0.145. The highest BCUT2D eigenvalue weighted by molar-refractivity contribution is 8.21. The van der Waals surface area contributed by atoms with Gasteiger partial charge in [0.15, 0.2) is 14.1 Å².